The zero-order valence-corrected chi connectivity index (χ0v) is 19.5. The number of ether oxygens (including phenoxy) is 3. The molecular weight excluding hydrogens is 444 g/mol. The second-order valence-electron chi connectivity index (χ2n) is 7.26. The Balaban J connectivity index is 0.000000588. The minimum absolute atomic E-state index is 0.0697. The maximum Gasteiger partial charge on any atom is 0.332 e. The van der Waals surface area contributed by atoms with Gasteiger partial charge < -0.3 is 28.4 Å². The summed E-state index contributed by atoms with van der Waals surface area (Å²) in [5, 5.41) is 0.976. The number of para-hydroxylation sites is 1. The maximum atomic E-state index is 11.2. The molecule has 11 heteroatoms. The molecule has 1 saturated heterocycles. The highest BCUT2D eigenvalue weighted by Gasteiger charge is 2.22. The van der Waals surface area contributed by atoms with Crippen LogP contribution >= 0.6 is 0 Å². The van der Waals surface area contributed by atoms with Gasteiger partial charge in [-0.3, -0.25) is 4.79 Å². The van der Waals surface area contributed by atoms with Gasteiger partial charge >= 0.3 is 12.4 Å². The number of carbonyl (C=O) groups is 2. The minimum Gasteiger partial charge on any atom is -0.464 e. The predicted octanol–water partition coefficient (Wildman–Crippen LogP) is 2.37. The summed E-state index contributed by atoms with van der Waals surface area (Å²) in [5.74, 6) is 1.07. The lowest BCUT2D eigenvalue weighted by Crippen LogP contribution is -2.20. The minimum atomic E-state index is -0.372. The van der Waals surface area contributed by atoms with Crippen molar-refractivity contribution in [2.24, 2.45) is 0 Å². The molecule has 34 heavy (non-hydrogen) atoms. The molecule has 184 valence electrons. The van der Waals surface area contributed by atoms with Gasteiger partial charge in [-0.2, -0.15) is 5.48 Å². The summed E-state index contributed by atoms with van der Waals surface area (Å²) in [6, 6.07) is 7.89. The van der Waals surface area contributed by atoms with Crippen LogP contribution in [0.5, 0.6) is 0 Å². The number of rotatable bonds is 11. The highest BCUT2D eigenvalue weighted by molar-refractivity contribution is 6.05. The van der Waals surface area contributed by atoms with E-state index in [1.807, 2.05) is 24.3 Å². The molecule has 1 aliphatic rings. The molecule has 1 aliphatic heterocycles. The summed E-state index contributed by atoms with van der Waals surface area (Å²) in [6.45, 7) is 5.19. The third-order valence-electron chi connectivity index (χ3n) is 4.95. The summed E-state index contributed by atoms with van der Waals surface area (Å²) in [6.07, 6.45) is 2.30. The van der Waals surface area contributed by atoms with E-state index < -0.39 is 0 Å². The summed E-state index contributed by atoms with van der Waals surface area (Å²) >= 11 is 0. The number of hydrogen-bond donors (Lipinski definition) is 1. The molecule has 0 aliphatic carbocycles. The monoisotopic (exact) mass is 474 g/mol. The van der Waals surface area contributed by atoms with Gasteiger partial charge in [-0.15, -0.1) is 0 Å². The van der Waals surface area contributed by atoms with E-state index in [9.17, 15) is 4.79 Å². The van der Waals surface area contributed by atoms with Gasteiger partial charge in [0.05, 0.1) is 19.8 Å². The molecule has 0 unspecified atom stereocenters. The van der Waals surface area contributed by atoms with Gasteiger partial charge in [0.2, 0.25) is 0 Å². The number of hydroxylamine groups is 1. The smallest absolute Gasteiger partial charge is 0.332 e. The van der Waals surface area contributed by atoms with Gasteiger partial charge in [0.15, 0.2) is 17.2 Å². The number of esters is 1. The quantitative estimate of drug-likeness (QED) is 0.190. The number of benzene rings is 1. The van der Waals surface area contributed by atoms with E-state index in [1.54, 1.807) is 6.92 Å². The SMILES string of the molecule is CCOC(=O)COCCOCc1nc(N2CCCC2)c2oc3ccccc3c2n1.CNOC=O. The molecule has 1 N–H and O–H groups in total. The molecule has 3 heterocycles. The highest BCUT2D eigenvalue weighted by Crippen LogP contribution is 2.34. The standard InChI is InChI=1S/C21H25N3O5.C2H5NO2/c1-2-28-18(25)14-27-12-11-26-13-17-22-19-15-7-3-4-8-16(15)29-20(19)21(23-17)24-9-5-6-10-24;1-3-5-2-4/h3-4,7-8H,2,5-6,9-14H2,1H3;2-3H,1H3. The van der Waals surface area contributed by atoms with E-state index in [2.05, 4.69) is 15.2 Å². The number of aromatic nitrogens is 2. The van der Waals surface area contributed by atoms with Gasteiger partial charge in [0, 0.05) is 25.5 Å². The largest absolute Gasteiger partial charge is 0.464 e. The van der Waals surface area contributed by atoms with E-state index in [4.69, 9.17) is 33.4 Å². The van der Waals surface area contributed by atoms with E-state index in [0.29, 0.717) is 32.1 Å². The van der Waals surface area contributed by atoms with Gasteiger partial charge in [-0.05, 0) is 31.9 Å². The molecule has 0 bridgehead atoms. The molecular formula is C23H30N4O7. The molecule has 0 amide bonds. The Kier molecular flexibility index (Phi) is 10.0. The summed E-state index contributed by atoms with van der Waals surface area (Å²) < 4.78 is 21.8. The first kappa shape index (κ1) is 25.3. The third kappa shape index (κ3) is 6.86. The summed E-state index contributed by atoms with van der Waals surface area (Å²) in [4.78, 5) is 35.9. The number of nitrogens with one attached hydrogen (secondary N) is 1. The number of nitrogens with zero attached hydrogens (tertiary/aromatic N) is 3. The number of anilines is 1. The fourth-order valence-corrected chi connectivity index (χ4v) is 3.52. The normalized spacial score (nSPS) is 13.1. The molecule has 3 aromatic rings. The Bertz CT molecular complexity index is 1070. The van der Waals surface area contributed by atoms with Crippen molar-refractivity contribution in [2.45, 2.75) is 26.4 Å². The predicted molar refractivity (Wildman–Crippen MR) is 124 cm³/mol. The van der Waals surface area contributed by atoms with Gasteiger partial charge in [0.1, 0.15) is 24.3 Å². The Morgan fingerprint density at radius 3 is 2.65 bits per heavy atom. The average Bonchev–Trinajstić information content (AvgIpc) is 3.50. The Hall–Kier alpha value is -3.28. The van der Waals surface area contributed by atoms with Crippen LogP contribution in [0.2, 0.25) is 0 Å². The van der Waals surface area contributed by atoms with E-state index >= 15 is 0 Å². The van der Waals surface area contributed by atoms with Crippen LogP contribution in [-0.2, 0) is 35.2 Å². The summed E-state index contributed by atoms with van der Waals surface area (Å²) in [5.41, 5.74) is 4.50. The van der Waals surface area contributed by atoms with Gasteiger partial charge in [-0.25, -0.2) is 14.8 Å². The van der Waals surface area contributed by atoms with Crippen LogP contribution < -0.4 is 10.4 Å². The fraction of sp³-hybridized carbons (Fsp3) is 0.478. The first-order chi connectivity index (χ1) is 16.7. The molecule has 0 spiro atoms. The summed E-state index contributed by atoms with van der Waals surface area (Å²) in [7, 11) is 1.51. The molecule has 11 nitrogen and oxygen atoms in total. The fourth-order valence-electron chi connectivity index (χ4n) is 3.52. The first-order valence-electron chi connectivity index (χ1n) is 11.2. The van der Waals surface area contributed by atoms with Crippen LogP contribution in [0.25, 0.3) is 22.1 Å². The lowest BCUT2D eigenvalue weighted by atomic mass is 10.2. The lowest BCUT2D eigenvalue weighted by molar-refractivity contribution is -0.149. The van der Waals surface area contributed by atoms with Crippen LogP contribution in [0.4, 0.5) is 5.82 Å². The van der Waals surface area contributed by atoms with Crippen LogP contribution in [0.1, 0.15) is 25.6 Å². The zero-order valence-electron chi connectivity index (χ0n) is 19.5. The van der Waals surface area contributed by atoms with Gasteiger partial charge in [0.25, 0.3) is 0 Å². The molecule has 0 radical (unpaired) electrons. The Morgan fingerprint density at radius 1 is 1.18 bits per heavy atom. The molecule has 0 saturated carbocycles. The maximum absolute atomic E-state index is 11.2. The van der Waals surface area contributed by atoms with E-state index in [1.165, 1.54) is 7.05 Å². The third-order valence-corrected chi connectivity index (χ3v) is 4.95. The van der Waals surface area contributed by atoms with Crippen LogP contribution in [-0.4, -0.2) is 69.0 Å². The van der Waals surface area contributed by atoms with Crippen molar-refractivity contribution in [1.29, 1.82) is 0 Å². The second kappa shape index (κ2) is 13.4. The number of fused-ring (bicyclic) bond motifs is 3. The molecule has 4 rings (SSSR count). The van der Waals surface area contributed by atoms with E-state index in [0.717, 1.165) is 53.8 Å². The van der Waals surface area contributed by atoms with Crippen molar-refractivity contribution in [3.8, 4) is 0 Å². The average molecular weight is 475 g/mol. The first-order valence-corrected chi connectivity index (χ1v) is 11.2. The number of hydrogen-bond acceptors (Lipinski definition) is 11. The van der Waals surface area contributed by atoms with E-state index in [-0.39, 0.29) is 19.2 Å². The van der Waals surface area contributed by atoms with Crippen LogP contribution in [0.15, 0.2) is 28.7 Å². The van der Waals surface area contributed by atoms with Crippen molar-refractivity contribution in [2.75, 3.05) is 51.5 Å². The van der Waals surface area contributed by atoms with Crippen molar-refractivity contribution < 1.29 is 33.1 Å². The molecule has 1 aromatic carbocycles. The van der Waals surface area contributed by atoms with Crippen LogP contribution in [0.3, 0.4) is 0 Å². The Morgan fingerprint density at radius 2 is 1.94 bits per heavy atom. The molecule has 1 fully saturated rings. The Labute approximate surface area is 197 Å². The topological polar surface area (TPSA) is 125 Å². The lowest BCUT2D eigenvalue weighted by Gasteiger charge is -2.17. The van der Waals surface area contributed by atoms with Crippen molar-refractivity contribution in [1.82, 2.24) is 15.4 Å². The zero-order chi connectivity index (χ0) is 24.2. The van der Waals surface area contributed by atoms with Crippen LogP contribution in [0, 0.1) is 0 Å². The highest BCUT2D eigenvalue weighted by atomic mass is 16.7. The molecule has 2 aromatic heterocycles. The number of carbonyl (C=O) groups excluding carboxylic acids is 2. The van der Waals surface area contributed by atoms with Crippen molar-refractivity contribution >= 4 is 40.3 Å². The second-order valence-corrected chi connectivity index (χ2v) is 7.26. The molecule has 0 atom stereocenters. The van der Waals surface area contributed by atoms with Crippen molar-refractivity contribution in [3.63, 3.8) is 0 Å². The van der Waals surface area contributed by atoms with Gasteiger partial charge in [-0.1, -0.05) is 12.1 Å². The number of furan rings is 1. The van der Waals surface area contributed by atoms with Crippen molar-refractivity contribution in [3.05, 3.63) is 30.1 Å².